The molecule has 1 aliphatic rings. The van der Waals surface area contributed by atoms with E-state index >= 15 is 0 Å². The van der Waals surface area contributed by atoms with Gasteiger partial charge in [0, 0.05) is 25.1 Å². The number of amides is 2. The maximum atomic E-state index is 12.7. The van der Waals surface area contributed by atoms with Crippen molar-refractivity contribution in [1.82, 2.24) is 10.2 Å². The number of benzene rings is 2. The molecule has 1 N–H and O–H groups in total. The summed E-state index contributed by atoms with van der Waals surface area (Å²) in [6, 6.07) is 18.0. The van der Waals surface area contributed by atoms with Gasteiger partial charge in [-0.2, -0.15) is 0 Å². The molecule has 4 nitrogen and oxygen atoms in total. The van der Waals surface area contributed by atoms with E-state index in [1.165, 1.54) is 11.1 Å². The summed E-state index contributed by atoms with van der Waals surface area (Å²) in [4.78, 5) is 27.0. The first-order chi connectivity index (χ1) is 13.4. The van der Waals surface area contributed by atoms with Crippen LogP contribution in [0.25, 0.3) is 0 Å². The van der Waals surface area contributed by atoms with Gasteiger partial charge >= 0.3 is 0 Å². The summed E-state index contributed by atoms with van der Waals surface area (Å²) >= 11 is 0. The highest BCUT2D eigenvalue weighted by atomic mass is 16.2. The Balaban J connectivity index is 1.51. The second-order valence-electron chi connectivity index (χ2n) is 8.49. The Morgan fingerprint density at radius 3 is 2.36 bits per heavy atom. The quantitative estimate of drug-likeness (QED) is 0.835. The zero-order valence-corrected chi connectivity index (χ0v) is 17.1. The molecule has 1 fully saturated rings. The molecule has 148 valence electrons. The lowest BCUT2D eigenvalue weighted by molar-refractivity contribution is -0.132. The van der Waals surface area contributed by atoms with E-state index in [4.69, 9.17) is 0 Å². The second-order valence-corrected chi connectivity index (χ2v) is 8.49. The highest BCUT2D eigenvalue weighted by molar-refractivity contribution is 5.94. The van der Waals surface area contributed by atoms with E-state index < -0.39 is 0 Å². The molecule has 0 spiro atoms. The Morgan fingerprint density at radius 1 is 1.04 bits per heavy atom. The minimum absolute atomic E-state index is 0.0620. The van der Waals surface area contributed by atoms with Gasteiger partial charge in [0.05, 0.1) is 6.04 Å². The smallest absolute Gasteiger partial charge is 0.251 e. The lowest BCUT2D eigenvalue weighted by Crippen LogP contribution is -2.34. The predicted molar refractivity (Wildman–Crippen MR) is 112 cm³/mol. The van der Waals surface area contributed by atoms with Crippen molar-refractivity contribution in [3.8, 4) is 0 Å². The van der Waals surface area contributed by atoms with Gasteiger partial charge in [-0.15, -0.1) is 0 Å². The normalized spacial score (nSPS) is 16.8. The van der Waals surface area contributed by atoms with Gasteiger partial charge in [-0.1, -0.05) is 63.2 Å². The van der Waals surface area contributed by atoms with Gasteiger partial charge < -0.3 is 10.2 Å². The van der Waals surface area contributed by atoms with Crippen molar-refractivity contribution in [3.63, 3.8) is 0 Å². The largest absolute Gasteiger partial charge is 0.352 e. The number of rotatable bonds is 5. The molecule has 0 saturated carbocycles. The van der Waals surface area contributed by atoms with Crippen molar-refractivity contribution in [2.75, 3.05) is 13.1 Å². The molecule has 0 radical (unpaired) electrons. The minimum atomic E-state index is -0.130. The summed E-state index contributed by atoms with van der Waals surface area (Å²) in [7, 11) is 0. The molecule has 28 heavy (non-hydrogen) atoms. The Morgan fingerprint density at radius 2 is 1.71 bits per heavy atom. The third kappa shape index (κ3) is 4.80. The number of carbonyl (C=O) groups excluding carboxylic acids is 2. The van der Waals surface area contributed by atoms with Crippen LogP contribution in [-0.4, -0.2) is 29.8 Å². The summed E-state index contributed by atoms with van der Waals surface area (Å²) in [5.41, 5.74) is 3.08. The van der Waals surface area contributed by atoms with Crippen molar-refractivity contribution in [1.29, 1.82) is 0 Å². The van der Waals surface area contributed by atoms with Crippen molar-refractivity contribution < 1.29 is 9.59 Å². The second kappa shape index (κ2) is 8.59. The van der Waals surface area contributed by atoms with Crippen LogP contribution >= 0.6 is 0 Å². The summed E-state index contributed by atoms with van der Waals surface area (Å²) in [6.07, 6.45) is 2.36. The fraction of sp³-hybridized carbons (Fsp3) is 0.417. The van der Waals surface area contributed by atoms with Crippen LogP contribution in [0.1, 0.15) is 67.6 Å². The van der Waals surface area contributed by atoms with Gasteiger partial charge in [-0.3, -0.25) is 9.59 Å². The van der Waals surface area contributed by atoms with Crippen LogP contribution in [0.3, 0.4) is 0 Å². The van der Waals surface area contributed by atoms with Crippen LogP contribution in [0.15, 0.2) is 54.6 Å². The Hall–Kier alpha value is -2.62. The average Bonchev–Trinajstić information content (AvgIpc) is 3.18. The molecule has 0 bridgehead atoms. The summed E-state index contributed by atoms with van der Waals surface area (Å²) < 4.78 is 0. The SMILES string of the molecule is CC(C)(C)c1ccc(C(=O)NCCC(=O)N2CCCC2c2ccccc2)cc1. The van der Waals surface area contributed by atoms with Gasteiger partial charge in [0.15, 0.2) is 0 Å². The topological polar surface area (TPSA) is 49.4 Å². The third-order valence-corrected chi connectivity index (χ3v) is 5.40. The van der Waals surface area contributed by atoms with Crippen LogP contribution in [0.2, 0.25) is 0 Å². The standard InChI is InChI=1S/C24H30N2O2/c1-24(2,3)20-13-11-19(12-14-20)23(28)25-16-15-22(27)26-17-7-10-21(26)18-8-5-4-6-9-18/h4-6,8-9,11-14,21H,7,10,15-17H2,1-3H3,(H,25,28). The van der Waals surface area contributed by atoms with Crippen LogP contribution in [0, 0.1) is 0 Å². The number of nitrogens with zero attached hydrogens (tertiary/aromatic N) is 1. The van der Waals surface area contributed by atoms with Crippen molar-refractivity contribution in [3.05, 3.63) is 71.3 Å². The number of nitrogens with one attached hydrogen (secondary N) is 1. The third-order valence-electron chi connectivity index (χ3n) is 5.40. The number of hydrogen-bond acceptors (Lipinski definition) is 2. The molecule has 1 aliphatic heterocycles. The Labute approximate surface area is 167 Å². The van der Waals surface area contributed by atoms with E-state index in [-0.39, 0.29) is 23.3 Å². The average molecular weight is 379 g/mol. The first kappa shape index (κ1) is 20.1. The van der Waals surface area contributed by atoms with E-state index in [1.807, 2.05) is 47.4 Å². The molecule has 1 atom stereocenters. The molecule has 2 amide bonds. The first-order valence-electron chi connectivity index (χ1n) is 10.1. The van der Waals surface area contributed by atoms with Gasteiger partial charge in [0.2, 0.25) is 5.91 Å². The maximum Gasteiger partial charge on any atom is 0.251 e. The molecule has 1 saturated heterocycles. The van der Waals surface area contributed by atoms with E-state index in [2.05, 4.69) is 38.2 Å². The van der Waals surface area contributed by atoms with Crippen molar-refractivity contribution >= 4 is 11.8 Å². The highest BCUT2D eigenvalue weighted by Gasteiger charge is 2.29. The predicted octanol–water partition coefficient (Wildman–Crippen LogP) is 4.47. The molecule has 2 aromatic rings. The van der Waals surface area contributed by atoms with Crippen LogP contribution in [0.5, 0.6) is 0 Å². The van der Waals surface area contributed by atoms with Crippen LogP contribution in [-0.2, 0) is 10.2 Å². The van der Waals surface area contributed by atoms with Gasteiger partial charge in [0.25, 0.3) is 5.91 Å². The fourth-order valence-electron chi connectivity index (χ4n) is 3.74. The summed E-state index contributed by atoms with van der Waals surface area (Å²) in [5, 5.41) is 2.88. The Bertz CT molecular complexity index is 807. The molecule has 3 rings (SSSR count). The lowest BCUT2D eigenvalue weighted by atomic mass is 9.87. The maximum absolute atomic E-state index is 12.7. The number of carbonyl (C=O) groups is 2. The van der Waals surface area contributed by atoms with E-state index in [0.29, 0.717) is 18.5 Å². The van der Waals surface area contributed by atoms with Crippen LogP contribution in [0.4, 0.5) is 0 Å². The van der Waals surface area contributed by atoms with E-state index in [9.17, 15) is 9.59 Å². The number of hydrogen-bond donors (Lipinski definition) is 1. The van der Waals surface area contributed by atoms with Gasteiger partial charge in [0.1, 0.15) is 0 Å². The molecule has 0 aromatic heterocycles. The molecular formula is C24H30N2O2. The van der Waals surface area contributed by atoms with Crippen molar-refractivity contribution in [2.45, 2.75) is 51.5 Å². The zero-order chi connectivity index (χ0) is 20.1. The zero-order valence-electron chi connectivity index (χ0n) is 17.1. The van der Waals surface area contributed by atoms with Crippen molar-refractivity contribution in [2.24, 2.45) is 0 Å². The summed E-state index contributed by atoms with van der Waals surface area (Å²) in [6.45, 7) is 7.59. The van der Waals surface area contributed by atoms with E-state index in [1.54, 1.807) is 0 Å². The molecule has 2 aromatic carbocycles. The van der Waals surface area contributed by atoms with E-state index in [0.717, 1.165) is 19.4 Å². The van der Waals surface area contributed by atoms with Crippen LogP contribution < -0.4 is 5.32 Å². The molecule has 0 aliphatic carbocycles. The monoisotopic (exact) mass is 378 g/mol. The Kier molecular flexibility index (Phi) is 6.18. The minimum Gasteiger partial charge on any atom is -0.352 e. The van der Waals surface area contributed by atoms with Gasteiger partial charge in [-0.25, -0.2) is 0 Å². The highest BCUT2D eigenvalue weighted by Crippen LogP contribution is 2.32. The first-order valence-corrected chi connectivity index (χ1v) is 10.1. The molecule has 1 unspecified atom stereocenters. The molecular weight excluding hydrogens is 348 g/mol. The number of likely N-dealkylation sites (tertiary alicyclic amines) is 1. The lowest BCUT2D eigenvalue weighted by Gasteiger charge is -2.25. The molecule has 1 heterocycles. The molecule has 4 heteroatoms. The van der Waals surface area contributed by atoms with Gasteiger partial charge in [-0.05, 0) is 41.5 Å². The summed E-state index contributed by atoms with van der Waals surface area (Å²) in [5.74, 6) is -0.0241. The fourth-order valence-corrected chi connectivity index (χ4v) is 3.74.